The predicted octanol–water partition coefficient (Wildman–Crippen LogP) is 5.49. The smallest absolute Gasteiger partial charge is 0.253 e. The van der Waals surface area contributed by atoms with Gasteiger partial charge in [0.15, 0.2) is 5.78 Å². The summed E-state index contributed by atoms with van der Waals surface area (Å²) in [4.78, 5) is 32.2. The Hall–Kier alpha value is -3.25. The molecule has 1 aromatic carbocycles. The first-order valence-electron chi connectivity index (χ1n) is 14.2. The van der Waals surface area contributed by atoms with E-state index in [-0.39, 0.29) is 23.7 Å². The Morgan fingerprint density at radius 3 is 2.34 bits per heavy atom. The van der Waals surface area contributed by atoms with E-state index in [1.807, 2.05) is 61.1 Å². The van der Waals surface area contributed by atoms with Gasteiger partial charge in [-0.3, -0.25) is 9.59 Å². The molecule has 3 heterocycles. The fraction of sp³-hybridized carbons (Fsp3) is 0.469. The molecule has 1 saturated carbocycles. The van der Waals surface area contributed by atoms with E-state index in [2.05, 4.69) is 27.3 Å². The largest absolute Gasteiger partial charge is 0.349 e. The highest BCUT2D eigenvalue weighted by atomic mass is 16.1. The molecule has 6 heteroatoms. The van der Waals surface area contributed by atoms with Gasteiger partial charge in [-0.25, -0.2) is 4.98 Å². The fourth-order valence-electron chi connectivity index (χ4n) is 5.87. The number of carbonyl (C=O) groups excluding carboxylic acids is 2. The van der Waals surface area contributed by atoms with Gasteiger partial charge in [-0.2, -0.15) is 0 Å². The highest BCUT2D eigenvalue weighted by Crippen LogP contribution is 2.28. The van der Waals surface area contributed by atoms with E-state index in [0.29, 0.717) is 5.56 Å². The molecule has 5 rings (SSSR count). The lowest BCUT2D eigenvalue weighted by Crippen LogP contribution is -2.38. The summed E-state index contributed by atoms with van der Waals surface area (Å²) >= 11 is 0. The molecule has 200 valence electrons. The van der Waals surface area contributed by atoms with Gasteiger partial charge in [-0.1, -0.05) is 26.0 Å². The Morgan fingerprint density at radius 2 is 1.66 bits per heavy atom. The maximum Gasteiger partial charge on any atom is 0.253 e. The lowest BCUT2D eigenvalue weighted by Gasteiger charge is -2.30. The maximum atomic E-state index is 12.8. The van der Waals surface area contributed by atoms with Crippen molar-refractivity contribution in [1.82, 2.24) is 19.8 Å². The van der Waals surface area contributed by atoms with Crippen molar-refractivity contribution >= 4 is 11.7 Å². The number of nitrogens with one attached hydrogen (secondary N) is 1. The van der Waals surface area contributed by atoms with Gasteiger partial charge in [0.25, 0.3) is 5.91 Å². The maximum absolute atomic E-state index is 12.8. The van der Waals surface area contributed by atoms with Gasteiger partial charge >= 0.3 is 0 Å². The average molecular weight is 513 g/mol. The Balaban J connectivity index is 1.04. The standard InChI is InChI=1S/C32H40N4O2/c1-23(2)31(37)27-8-7-25-14-19-35(20-15-26(25)21-27)18-13-24-5-10-29(11-6-24)34-32(38)28-9-12-30(33-22-28)36-16-3-4-17-36/h3-4,7-9,12,16-17,21-24,29H,5-6,10-11,13-15,18-20H2,1-2H3,(H,34,38). The van der Waals surface area contributed by atoms with E-state index in [1.54, 1.807) is 6.20 Å². The van der Waals surface area contributed by atoms with Crippen LogP contribution in [0.5, 0.6) is 0 Å². The Morgan fingerprint density at radius 1 is 0.947 bits per heavy atom. The summed E-state index contributed by atoms with van der Waals surface area (Å²) in [7, 11) is 0. The third-order valence-electron chi connectivity index (χ3n) is 8.32. The molecule has 0 spiro atoms. The number of rotatable bonds is 8. The van der Waals surface area contributed by atoms with E-state index in [0.717, 1.165) is 62.6 Å². The molecule has 1 amide bonds. The molecule has 0 unspecified atom stereocenters. The van der Waals surface area contributed by atoms with Gasteiger partial charge < -0.3 is 14.8 Å². The van der Waals surface area contributed by atoms with Crippen LogP contribution in [-0.2, 0) is 12.8 Å². The quantitative estimate of drug-likeness (QED) is 0.405. The van der Waals surface area contributed by atoms with Crippen LogP contribution in [-0.4, -0.2) is 51.8 Å². The van der Waals surface area contributed by atoms with Crippen molar-refractivity contribution in [1.29, 1.82) is 0 Å². The zero-order valence-electron chi connectivity index (χ0n) is 22.7. The minimum atomic E-state index is -0.0256. The molecule has 6 nitrogen and oxygen atoms in total. The highest BCUT2D eigenvalue weighted by molar-refractivity contribution is 5.97. The molecular formula is C32H40N4O2. The molecule has 1 aliphatic carbocycles. The van der Waals surface area contributed by atoms with Crippen LogP contribution in [0.4, 0.5) is 0 Å². The molecule has 2 aliphatic rings. The first kappa shape index (κ1) is 26.4. The predicted molar refractivity (Wildman–Crippen MR) is 151 cm³/mol. The van der Waals surface area contributed by atoms with Crippen LogP contribution in [0.25, 0.3) is 5.82 Å². The number of hydrogen-bond donors (Lipinski definition) is 1. The van der Waals surface area contributed by atoms with E-state index in [1.165, 1.54) is 30.4 Å². The van der Waals surface area contributed by atoms with Crippen LogP contribution in [0.15, 0.2) is 61.1 Å². The lowest BCUT2D eigenvalue weighted by atomic mass is 9.84. The number of aromatic nitrogens is 2. The summed E-state index contributed by atoms with van der Waals surface area (Å²) in [6.45, 7) is 7.23. The molecule has 0 bridgehead atoms. The Labute approximate surface area is 226 Å². The molecule has 1 aliphatic heterocycles. The zero-order valence-corrected chi connectivity index (χ0v) is 22.7. The van der Waals surface area contributed by atoms with Gasteiger partial charge in [-0.15, -0.1) is 0 Å². The van der Waals surface area contributed by atoms with Crippen molar-refractivity contribution < 1.29 is 9.59 Å². The van der Waals surface area contributed by atoms with Crippen LogP contribution >= 0.6 is 0 Å². The summed E-state index contributed by atoms with van der Waals surface area (Å²) in [5.74, 6) is 1.79. The molecule has 1 N–H and O–H groups in total. The molecule has 0 radical (unpaired) electrons. The second-order valence-electron chi connectivity index (χ2n) is 11.3. The lowest BCUT2D eigenvalue weighted by molar-refractivity contribution is 0.0917. The number of fused-ring (bicyclic) bond motifs is 1. The second-order valence-corrected chi connectivity index (χ2v) is 11.3. The average Bonchev–Trinajstić information content (AvgIpc) is 3.40. The topological polar surface area (TPSA) is 67.2 Å². The van der Waals surface area contributed by atoms with Gasteiger partial charge in [0, 0.05) is 49.2 Å². The number of amides is 1. The van der Waals surface area contributed by atoms with Crippen LogP contribution < -0.4 is 5.32 Å². The molecule has 1 fully saturated rings. The van der Waals surface area contributed by atoms with Crippen LogP contribution in [0.3, 0.4) is 0 Å². The van der Waals surface area contributed by atoms with Gasteiger partial charge in [0.1, 0.15) is 5.82 Å². The summed E-state index contributed by atoms with van der Waals surface area (Å²) < 4.78 is 1.93. The van der Waals surface area contributed by atoms with Crippen molar-refractivity contribution in [2.24, 2.45) is 11.8 Å². The van der Waals surface area contributed by atoms with E-state index in [9.17, 15) is 9.59 Å². The molecule has 0 atom stereocenters. The molecule has 2 aromatic heterocycles. The van der Waals surface area contributed by atoms with Crippen molar-refractivity contribution in [3.05, 3.63) is 83.3 Å². The summed E-state index contributed by atoms with van der Waals surface area (Å²) in [5.41, 5.74) is 4.23. The third kappa shape index (κ3) is 6.41. The monoisotopic (exact) mass is 512 g/mol. The van der Waals surface area contributed by atoms with Crippen molar-refractivity contribution in [2.45, 2.75) is 64.8 Å². The number of carbonyl (C=O) groups is 2. The van der Waals surface area contributed by atoms with Crippen molar-refractivity contribution in [3.8, 4) is 5.82 Å². The van der Waals surface area contributed by atoms with Crippen molar-refractivity contribution in [3.63, 3.8) is 0 Å². The number of ketones is 1. The van der Waals surface area contributed by atoms with E-state index >= 15 is 0 Å². The summed E-state index contributed by atoms with van der Waals surface area (Å²) in [5, 5.41) is 3.23. The molecular weight excluding hydrogens is 472 g/mol. The minimum Gasteiger partial charge on any atom is -0.349 e. The van der Waals surface area contributed by atoms with E-state index in [4.69, 9.17) is 0 Å². The molecule has 3 aromatic rings. The van der Waals surface area contributed by atoms with Crippen LogP contribution in [0, 0.1) is 11.8 Å². The normalized spacial score (nSPS) is 20.1. The summed E-state index contributed by atoms with van der Waals surface area (Å²) in [6.07, 6.45) is 13.3. The zero-order chi connectivity index (χ0) is 26.5. The second kappa shape index (κ2) is 12.1. The molecule has 0 saturated heterocycles. The highest BCUT2D eigenvalue weighted by Gasteiger charge is 2.24. The first-order valence-corrected chi connectivity index (χ1v) is 14.2. The SMILES string of the molecule is CC(C)C(=O)c1ccc2c(c1)CCN(CCC1CCC(NC(=O)c3ccc(-n4cccc4)nc3)CC1)CC2. The Kier molecular flexibility index (Phi) is 8.38. The summed E-state index contributed by atoms with van der Waals surface area (Å²) in [6, 6.07) is 14.2. The number of benzene rings is 1. The van der Waals surface area contributed by atoms with Gasteiger partial charge in [0.05, 0.1) is 5.56 Å². The van der Waals surface area contributed by atoms with Gasteiger partial charge in [0.2, 0.25) is 0 Å². The first-order chi connectivity index (χ1) is 18.5. The fourth-order valence-corrected chi connectivity index (χ4v) is 5.87. The molecule has 38 heavy (non-hydrogen) atoms. The number of pyridine rings is 1. The van der Waals surface area contributed by atoms with Crippen molar-refractivity contribution in [2.75, 3.05) is 19.6 Å². The van der Waals surface area contributed by atoms with E-state index < -0.39 is 0 Å². The number of Topliss-reactive ketones (excluding diaryl/α,β-unsaturated/α-hetero) is 1. The van der Waals surface area contributed by atoms with Crippen LogP contribution in [0.2, 0.25) is 0 Å². The van der Waals surface area contributed by atoms with Crippen LogP contribution in [0.1, 0.15) is 77.8 Å². The third-order valence-corrected chi connectivity index (χ3v) is 8.32. The minimum absolute atomic E-state index is 0.0256. The van der Waals surface area contributed by atoms with Gasteiger partial charge in [-0.05, 0) is 98.9 Å². The number of hydrogen-bond acceptors (Lipinski definition) is 4. The Bertz CT molecular complexity index is 1220. The number of nitrogens with zero attached hydrogens (tertiary/aromatic N) is 3.